The molecular formula is C22H29N3O5S. The molecule has 8 nitrogen and oxygen atoms in total. The number of aliphatic hydroxyl groups is 1. The second kappa shape index (κ2) is 11.2. The zero-order valence-electron chi connectivity index (χ0n) is 17.4. The molecule has 31 heavy (non-hydrogen) atoms. The molecule has 1 aromatic carbocycles. The number of rotatable bonds is 9. The number of aliphatic hydroxyl groups excluding tert-OH is 1. The summed E-state index contributed by atoms with van der Waals surface area (Å²) in [5.74, 6) is -0.416. The van der Waals surface area contributed by atoms with Crippen molar-refractivity contribution < 1.29 is 24.7 Å². The van der Waals surface area contributed by atoms with Crippen LogP contribution in [0.15, 0.2) is 30.3 Å². The Balaban J connectivity index is 1.53. The van der Waals surface area contributed by atoms with E-state index in [-0.39, 0.29) is 37.2 Å². The minimum absolute atomic E-state index is 0.165. The molecule has 0 spiro atoms. The Morgan fingerprint density at radius 1 is 1.19 bits per heavy atom. The summed E-state index contributed by atoms with van der Waals surface area (Å²) in [4.78, 5) is 39.1. The second-order valence-corrected chi connectivity index (χ2v) is 8.97. The number of piperidine rings is 1. The van der Waals surface area contributed by atoms with E-state index in [1.54, 1.807) is 10.4 Å². The summed E-state index contributed by atoms with van der Waals surface area (Å²) in [5.41, 5.74) is 1.64. The van der Waals surface area contributed by atoms with Crippen LogP contribution < -0.4 is 10.8 Å². The zero-order chi connectivity index (χ0) is 22.2. The maximum atomic E-state index is 13.0. The van der Waals surface area contributed by atoms with Crippen LogP contribution in [0.1, 0.15) is 48.2 Å². The Hall–Kier alpha value is -2.49. The fourth-order valence-electron chi connectivity index (χ4n) is 3.98. The predicted octanol–water partition coefficient (Wildman–Crippen LogP) is 2.30. The summed E-state index contributed by atoms with van der Waals surface area (Å²) in [6.45, 7) is 0.999. The van der Waals surface area contributed by atoms with E-state index in [9.17, 15) is 19.5 Å². The van der Waals surface area contributed by atoms with Crippen molar-refractivity contribution in [1.29, 1.82) is 0 Å². The van der Waals surface area contributed by atoms with Gasteiger partial charge in [-0.15, -0.1) is 11.3 Å². The maximum Gasteiger partial charge on any atom is 0.262 e. The van der Waals surface area contributed by atoms with Crippen molar-refractivity contribution in [2.75, 3.05) is 19.7 Å². The molecule has 1 aliphatic heterocycles. The quantitative estimate of drug-likeness (QED) is 0.347. The number of hydrogen-bond acceptors (Lipinski definition) is 6. The first-order chi connectivity index (χ1) is 15.0. The minimum Gasteiger partial charge on any atom is -0.396 e. The number of carbonyl (C=O) groups is 3. The van der Waals surface area contributed by atoms with Gasteiger partial charge in [0.25, 0.3) is 5.91 Å². The highest BCUT2D eigenvalue weighted by Gasteiger charge is 2.29. The molecule has 3 rings (SSSR count). The van der Waals surface area contributed by atoms with Crippen LogP contribution in [-0.4, -0.2) is 58.7 Å². The van der Waals surface area contributed by atoms with Gasteiger partial charge in [0.1, 0.15) is 6.04 Å². The Bertz CT molecular complexity index is 874. The van der Waals surface area contributed by atoms with Crippen LogP contribution in [0.5, 0.6) is 0 Å². The van der Waals surface area contributed by atoms with Crippen molar-refractivity contribution in [1.82, 2.24) is 15.7 Å². The van der Waals surface area contributed by atoms with E-state index in [1.807, 2.05) is 30.3 Å². The summed E-state index contributed by atoms with van der Waals surface area (Å²) in [5, 5.41) is 21.8. The molecule has 1 fully saturated rings. The van der Waals surface area contributed by atoms with Gasteiger partial charge < -0.3 is 15.3 Å². The van der Waals surface area contributed by atoms with E-state index in [0.717, 1.165) is 29.3 Å². The molecule has 9 heteroatoms. The van der Waals surface area contributed by atoms with Crippen LogP contribution >= 0.6 is 11.3 Å². The molecule has 3 amide bonds. The van der Waals surface area contributed by atoms with E-state index in [2.05, 4.69) is 5.32 Å². The lowest BCUT2D eigenvalue weighted by Crippen LogP contribution is -2.51. The molecule has 4 N–H and O–H groups in total. The van der Waals surface area contributed by atoms with Gasteiger partial charge >= 0.3 is 0 Å². The Morgan fingerprint density at radius 2 is 1.94 bits per heavy atom. The number of hydroxylamine groups is 1. The largest absolute Gasteiger partial charge is 0.396 e. The molecular weight excluding hydrogens is 418 g/mol. The normalized spacial score (nSPS) is 15.6. The van der Waals surface area contributed by atoms with Gasteiger partial charge in [-0.3, -0.25) is 19.6 Å². The predicted molar refractivity (Wildman–Crippen MR) is 118 cm³/mol. The topological polar surface area (TPSA) is 119 Å². The summed E-state index contributed by atoms with van der Waals surface area (Å²) >= 11 is 1.38. The third kappa shape index (κ3) is 6.25. The fraction of sp³-hybridized carbons (Fsp3) is 0.500. The fourth-order valence-corrected chi connectivity index (χ4v) is 4.95. The number of nitrogens with zero attached hydrogens (tertiary/aromatic N) is 1. The number of likely N-dealkylation sites (tertiary alicyclic amines) is 1. The van der Waals surface area contributed by atoms with Crippen molar-refractivity contribution in [3.8, 4) is 0 Å². The van der Waals surface area contributed by atoms with Gasteiger partial charge in [0.05, 0.1) is 4.88 Å². The molecule has 2 heterocycles. The monoisotopic (exact) mass is 447 g/mol. The van der Waals surface area contributed by atoms with E-state index in [4.69, 9.17) is 5.21 Å². The van der Waals surface area contributed by atoms with Crippen LogP contribution in [0.4, 0.5) is 0 Å². The van der Waals surface area contributed by atoms with Crippen molar-refractivity contribution >= 4 is 39.1 Å². The van der Waals surface area contributed by atoms with E-state index >= 15 is 0 Å². The maximum absolute atomic E-state index is 13.0. The summed E-state index contributed by atoms with van der Waals surface area (Å²) in [7, 11) is 0. The third-order valence-corrected chi connectivity index (χ3v) is 6.85. The van der Waals surface area contributed by atoms with Crippen LogP contribution in [0.25, 0.3) is 10.1 Å². The van der Waals surface area contributed by atoms with Crippen LogP contribution in [0.2, 0.25) is 0 Å². The number of fused-ring (bicyclic) bond motifs is 1. The molecule has 1 aromatic heterocycles. The molecule has 0 bridgehead atoms. The van der Waals surface area contributed by atoms with Gasteiger partial charge in [0, 0.05) is 30.8 Å². The average molecular weight is 448 g/mol. The van der Waals surface area contributed by atoms with Crippen molar-refractivity contribution in [3.63, 3.8) is 0 Å². The van der Waals surface area contributed by atoms with Gasteiger partial charge in [-0.25, -0.2) is 5.48 Å². The molecule has 1 atom stereocenters. The van der Waals surface area contributed by atoms with Gasteiger partial charge in [-0.2, -0.15) is 0 Å². The molecule has 168 valence electrons. The van der Waals surface area contributed by atoms with Crippen LogP contribution in [0, 0.1) is 5.92 Å². The highest BCUT2D eigenvalue weighted by Crippen LogP contribution is 2.26. The summed E-state index contributed by atoms with van der Waals surface area (Å²) < 4.78 is 1.01. The zero-order valence-corrected chi connectivity index (χ0v) is 18.2. The van der Waals surface area contributed by atoms with Crippen molar-refractivity contribution in [3.05, 3.63) is 35.2 Å². The SMILES string of the molecule is O=C(CCCC1CCN(C(=O)[C@H](CCO)NC(=O)c2cc3ccccc3s2)CC1)NO. The number of amides is 3. The molecule has 0 saturated carbocycles. The lowest BCUT2D eigenvalue weighted by Gasteiger charge is -2.34. The van der Waals surface area contributed by atoms with E-state index < -0.39 is 6.04 Å². The lowest BCUT2D eigenvalue weighted by molar-refractivity contribution is -0.135. The molecule has 0 aliphatic carbocycles. The third-order valence-electron chi connectivity index (χ3n) is 5.74. The van der Waals surface area contributed by atoms with E-state index in [1.165, 1.54) is 11.3 Å². The van der Waals surface area contributed by atoms with E-state index in [0.29, 0.717) is 30.3 Å². The number of benzene rings is 1. The first-order valence-corrected chi connectivity index (χ1v) is 11.5. The van der Waals surface area contributed by atoms with Gasteiger partial charge in [0.15, 0.2) is 0 Å². The summed E-state index contributed by atoms with van der Waals surface area (Å²) in [6, 6.07) is 8.79. The first-order valence-electron chi connectivity index (χ1n) is 10.6. The molecule has 1 saturated heterocycles. The molecule has 2 aromatic rings. The Morgan fingerprint density at radius 3 is 2.61 bits per heavy atom. The number of thiophene rings is 1. The van der Waals surface area contributed by atoms with Crippen molar-refractivity contribution in [2.24, 2.45) is 5.92 Å². The smallest absolute Gasteiger partial charge is 0.262 e. The number of hydrogen-bond donors (Lipinski definition) is 4. The van der Waals surface area contributed by atoms with Crippen molar-refractivity contribution in [2.45, 2.75) is 44.6 Å². The van der Waals surface area contributed by atoms with Gasteiger partial charge in [-0.05, 0) is 55.5 Å². The number of carbonyl (C=O) groups excluding carboxylic acids is 3. The van der Waals surface area contributed by atoms with Crippen LogP contribution in [0.3, 0.4) is 0 Å². The standard InChI is InChI=1S/C22H29N3O5S/c26-13-10-17(23-21(28)19-14-16-5-1-2-6-18(16)31-19)22(29)25-11-8-15(9-12-25)4-3-7-20(27)24-30/h1-2,5-6,14-15,17,26,30H,3-4,7-13H2,(H,23,28)(H,24,27)/t17-/m0/s1. The van der Waals surface area contributed by atoms with Gasteiger partial charge in [0.2, 0.25) is 11.8 Å². The van der Waals surface area contributed by atoms with Crippen LogP contribution in [-0.2, 0) is 9.59 Å². The second-order valence-electron chi connectivity index (χ2n) is 7.88. The summed E-state index contributed by atoms with van der Waals surface area (Å²) in [6.07, 6.45) is 3.70. The molecule has 1 aliphatic rings. The number of nitrogens with one attached hydrogen (secondary N) is 2. The first kappa shape index (κ1) is 23.2. The lowest BCUT2D eigenvalue weighted by atomic mass is 9.91. The minimum atomic E-state index is -0.757. The average Bonchev–Trinajstić information content (AvgIpc) is 3.23. The van der Waals surface area contributed by atoms with Gasteiger partial charge in [-0.1, -0.05) is 18.2 Å². The highest BCUT2D eigenvalue weighted by molar-refractivity contribution is 7.20. The molecule has 0 radical (unpaired) electrons. The highest BCUT2D eigenvalue weighted by atomic mass is 32.1. The Kier molecular flexibility index (Phi) is 8.39. The Labute approximate surface area is 185 Å². The molecule has 0 unspecified atom stereocenters.